The number of hydrogen-bond donors (Lipinski definition) is 2. The molecule has 6 nitrogen and oxygen atoms in total. The van der Waals surface area contributed by atoms with Gasteiger partial charge in [0.1, 0.15) is 5.75 Å². The van der Waals surface area contributed by atoms with Gasteiger partial charge in [-0.1, -0.05) is 12.1 Å². The molecule has 0 radical (unpaired) electrons. The smallest absolute Gasteiger partial charge is 0.193 e. The summed E-state index contributed by atoms with van der Waals surface area (Å²) in [6, 6.07) is 15.7. The van der Waals surface area contributed by atoms with Gasteiger partial charge in [0.2, 0.25) is 0 Å². The van der Waals surface area contributed by atoms with Crippen molar-refractivity contribution in [3.05, 3.63) is 54.9 Å². The van der Waals surface area contributed by atoms with E-state index in [1.54, 1.807) is 7.11 Å². The van der Waals surface area contributed by atoms with Gasteiger partial charge in [0, 0.05) is 18.8 Å². The van der Waals surface area contributed by atoms with Crippen LogP contribution in [0.2, 0.25) is 0 Å². The lowest BCUT2D eigenvalue weighted by Crippen LogP contribution is -2.22. The molecule has 0 aliphatic rings. The number of para-hydroxylation sites is 2. The van der Waals surface area contributed by atoms with Gasteiger partial charge in [-0.2, -0.15) is 0 Å². The molecule has 3 N–H and O–H groups in total. The summed E-state index contributed by atoms with van der Waals surface area (Å²) < 4.78 is 7.26. The van der Waals surface area contributed by atoms with E-state index in [1.165, 1.54) is 0 Å². The van der Waals surface area contributed by atoms with Crippen LogP contribution in [0, 0.1) is 0 Å². The molecule has 0 unspecified atom stereocenters. The van der Waals surface area contributed by atoms with Crippen molar-refractivity contribution in [1.29, 1.82) is 0 Å². The Kier molecular flexibility index (Phi) is 7.05. The lowest BCUT2D eigenvalue weighted by Gasteiger charge is -2.07. The second-order valence-electron chi connectivity index (χ2n) is 5.40. The van der Waals surface area contributed by atoms with Crippen molar-refractivity contribution >= 4 is 46.7 Å². The molecular formula is C18H22IN5O. The number of aromatic nitrogens is 2. The Morgan fingerprint density at radius 3 is 2.72 bits per heavy atom. The summed E-state index contributed by atoms with van der Waals surface area (Å²) in [5.74, 6) is 1.22. The van der Waals surface area contributed by atoms with Crippen LogP contribution < -0.4 is 15.8 Å². The maximum atomic E-state index is 5.91. The molecule has 2 aromatic carbocycles. The lowest BCUT2D eigenvalue weighted by atomic mass is 10.3. The van der Waals surface area contributed by atoms with Crippen molar-refractivity contribution in [3.8, 4) is 5.75 Å². The number of hydrogen-bond acceptors (Lipinski definition) is 3. The van der Waals surface area contributed by atoms with Gasteiger partial charge < -0.3 is 20.4 Å². The van der Waals surface area contributed by atoms with E-state index in [-0.39, 0.29) is 24.0 Å². The molecule has 132 valence electrons. The van der Waals surface area contributed by atoms with Crippen LogP contribution in [0.5, 0.6) is 5.75 Å². The number of anilines is 1. The molecule has 1 heterocycles. The summed E-state index contributed by atoms with van der Waals surface area (Å²) >= 11 is 0. The molecule has 0 saturated heterocycles. The Labute approximate surface area is 164 Å². The number of ether oxygens (including phenoxy) is 1. The highest BCUT2D eigenvalue weighted by Gasteiger charge is 2.01. The molecule has 3 aromatic rings. The minimum atomic E-state index is 0. The van der Waals surface area contributed by atoms with Gasteiger partial charge in [-0.15, -0.1) is 24.0 Å². The summed E-state index contributed by atoms with van der Waals surface area (Å²) in [6.45, 7) is 1.52. The Morgan fingerprint density at radius 1 is 1.20 bits per heavy atom. The van der Waals surface area contributed by atoms with Crippen LogP contribution in [0.3, 0.4) is 0 Å². The van der Waals surface area contributed by atoms with E-state index >= 15 is 0 Å². The van der Waals surface area contributed by atoms with Crippen LogP contribution in [0.1, 0.15) is 6.42 Å². The molecule has 7 heteroatoms. The van der Waals surface area contributed by atoms with Crippen molar-refractivity contribution in [2.24, 2.45) is 10.7 Å². The number of nitrogens with zero attached hydrogens (tertiary/aromatic N) is 3. The molecule has 0 amide bonds. The third kappa shape index (κ3) is 5.09. The van der Waals surface area contributed by atoms with E-state index in [4.69, 9.17) is 10.5 Å². The van der Waals surface area contributed by atoms with Gasteiger partial charge in [-0.05, 0) is 42.8 Å². The van der Waals surface area contributed by atoms with Gasteiger partial charge >= 0.3 is 0 Å². The van der Waals surface area contributed by atoms with Gasteiger partial charge in [-0.25, -0.2) is 4.98 Å². The number of guanidine groups is 1. The van der Waals surface area contributed by atoms with Gasteiger partial charge in [0.25, 0.3) is 0 Å². The second-order valence-corrected chi connectivity index (χ2v) is 5.40. The molecule has 3 rings (SSSR count). The topological polar surface area (TPSA) is 77.5 Å². The van der Waals surface area contributed by atoms with Crippen molar-refractivity contribution in [3.63, 3.8) is 0 Å². The predicted octanol–water partition coefficient (Wildman–Crippen LogP) is 3.48. The van der Waals surface area contributed by atoms with E-state index < -0.39 is 0 Å². The molecule has 0 saturated carbocycles. The highest BCUT2D eigenvalue weighted by Crippen LogP contribution is 2.15. The zero-order valence-electron chi connectivity index (χ0n) is 14.1. The average Bonchev–Trinajstić information content (AvgIpc) is 3.03. The number of benzene rings is 2. The van der Waals surface area contributed by atoms with Crippen LogP contribution in [-0.2, 0) is 6.54 Å². The Hall–Kier alpha value is -2.29. The SMILES string of the molecule is COc1ccc(NC(N)=NCCCn2cnc3ccccc32)cc1.I. The fraction of sp³-hybridized carbons (Fsp3) is 0.222. The summed E-state index contributed by atoms with van der Waals surface area (Å²) in [7, 11) is 1.64. The number of nitrogens with one attached hydrogen (secondary N) is 1. The number of aryl methyl sites for hydroxylation is 1. The summed E-state index contributed by atoms with van der Waals surface area (Å²) in [5, 5.41) is 3.07. The normalized spacial score (nSPS) is 11.2. The minimum Gasteiger partial charge on any atom is -0.497 e. The number of rotatable bonds is 6. The Morgan fingerprint density at radius 2 is 1.96 bits per heavy atom. The van der Waals surface area contributed by atoms with Crippen LogP contribution in [-0.4, -0.2) is 29.2 Å². The highest BCUT2D eigenvalue weighted by atomic mass is 127. The van der Waals surface area contributed by atoms with Crippen molar-refractivity contribution in [1.82, 2.24) is 9.55 Å². The molecule has 0 aliphatic heterocycles. The third-order valence-corrected chi connectivity index (χ3v) is 3.73. The molecule has 1 aromatic heterocycles. The quantitative estimate of drug-likeness (QED) is 0.261. The number of nitrogens with two attached hydrogens (primary N) is 1. The van der Waals surface area contributed by atoms with E-state index in [9.17, 15) is 0 Å². The number of halogens is 1. The highest BCUT2D eigenvalue weighted by molar-refractivity contribution is 14.0. The molecule has 0 atom stereocenters. The van der Waals surface area contributed by atoms with Crippen LogP contribution in [0.25, 0.3) is 11.0 Å². The molecule has 0 aliphatic carbocycles. The minimum absolute atomic E-state index is 0. The fourth-order valence-electron chi connectivity index (χ4n) is 2.49. The summed E-state index contributed by atoms with van der Waals surface area (Å²) in [5.41, 5.74) is 8.96. The Bertz CT molecular complexity index is 829. The standard InChI is InChI=1S/C18H21N5O.HI/c1-24-15-9-7-14(8-10-15)22-18(19)20-11-4-12-23-13-21-16-5-2-3-6-17(16)23;/h2-3,5-10,13H,4,11-12H2,1H3,(H3,19,20,22);1H. The monoisotopic (exact) mass is 451 g/mol. The lowest BCUT2D eigenvalue weighted by molar-refractivity contribution is 0.415. The van der Waals surface area contributed by atoms with E-state index in [1.807, 2.05) is 48.8 Å². The summed E-state index contributed by atoms with van der Waals surface area (Å²) in [6.07, 6.45) is 2.76. The molecule has 0 bridgehead atoms. The van der Waals surface area contributed by atoms with Crippen molar-refractivity contribution in [2.45, 2.75) is 13.0 Å². The van der Waals surface area contributed by atoms with E-state index in [0.717, 1.165) is 35.4 Å². The molecule has 0 fully saturated rings. The van der Waals surface area contributed by atoms with Crippen molar-refractivity contribution < 1.29 is 4.74 Å². The summed E-state index contributed by atoms with van der Waals surface area (Å²) in [4.78, 5) is 8.74. The third-order valence-electron chi connectivity index (χ3n) is 3.73. The fourth-order valence-corrected chi connectivity index (χ4v) is 2.49. The zero-order valence-corrected chi connectivity index (χ0v) is 16.4. The number of methoxy groups -OCH3 is 1. The number of aliphatic imine (C=N–C) groups is 1. The number of fused-ring (bicyclic) bond motifs is 1. The predicted molar refractivity (Wildman–Crippen MR) is 113 cm³/mol. The first kappa shape index (κ1) is 19.0. The molecule has 25 heavy (non-hydrogen) atoms. The van der Waals surface area contributed by atoms with Gasteiger partial charge in [-0.3, -0.25) is 4.99 Å². The van der Waals surface area contributed by atoms with E-state index in [0.29, 0.717) is 12.5 Å². The van der Waals surface area contributed by atoms with Crippen molar-refractivity contribution in [2.75, 3.05) is 19.0 Å². The van der Waals surface area contributed by atoms with E-state index in [2.05, 4.69) is 25.9 Å². The Balaban J connectivity index is 0.00000225. The largest absolute Gasteiger partial charge is 0.497 e. The maximum Gasteiger partial charge on any atom is 0.193 e. The van der Waals surface area contributed by atoms with Crippen LogP contribution >= 0.6 is 24.0 Å². The molecule has 0 spiro atoms. The first-order chi connectivity index (χ1) is 11.8. The van der Waals surface area contributed by atoms with Gasteiger partial charge in [0.15, 0.2) is 5.96 Å². The molecular weight excluding hydrogens is 429 g/mol. The van der Waals surface area contributed by atoms with Crippen LogP contribution in [0.15, 0.2) is 59.9 Å². The first-order valence-electron chi connectivity index (χ1n) is 7.87. The number of imidazole rings is 1. The average molecular weight is 451 g/mol. The first-order valence-corrected chi connectivity index (χ1v) is 7.87. The van der Waals surface area contributed by atoms with Crippen LogP contribution in [0.4, 0.5) is 5.69 Å². The zero-order chi connectivity index (χ0) is 16.8. The second kappa shape index (κ2) is 9.26. The maximum absolute atomic E-state index is 5.91. The van der Waals surface area contributed by atoms with Gasteiger partial charge in [0.05, 0.1) is 24.5 Å².